The Hall–Kier alpha value is -4.85. The lowest BCUT2D eigenvalue weighted by Gasteiger charge is -2.25. The van der Waals surface area contributed by atoms with Gasteiger partial charge in [0.1, 0.15) is 17.9 Å². The third kappa shape index (κ3) is 6.64. The number of hydrogen-bond donors (Lipinski definition) is 2. The van der Waals surface area contributed by atoms with Crippen LogP contribution < -0.4 is 20.3 Å². The lowest BCUT2D eigenvalue weighted by Crippen LogP contribution is -2.31. The summed E-state index contributed by atoms with van der Waals surface area (Å²) >= 11 is 0. The van der Waals surface area contributed by atoms with Gasteiger partial charge in [-0.1, -0.05) is 0 Å². The van der Waals surface area contributed by atoms with Gasteiger partial charge in [-0.3, -0.25) is 4.79 Å². The second kappa shape index (κ2) is 12.2. The standard InChI is InChI=1S/C29H28F4N8O2/c1-34-28-37-16-36-25(39-28)20-5-4-11-35-27(20)43-19-7-8-22(30)21(14-19)26(42)38-23-13-17(29(31,32)33)6-9-24(23)41-12-10-18(15-41)40(2)3/h4-9,11,13-14,16,18H,10,12,15H2,1-3H3,(H,38,42)(H,34,36,37,39)/t18-/m1/s1. The number of ether oxygens (including phenoxy) is 1. The quantitative estimate of drug-likeness (QED) is 0.261. The number of benzene rings is 2. The molecule has 2 aromatic carbocycles. The van der Waals surface area contributed by atoms with Gasteiger partial charge in [-0.2, -0.15) is 18.2 Å². The molecule has 43 heavy (non-hydrogen) atoms. The first kappa shape index (κ1) is 29.6. The summed E-state index contributed by atoms with van der Waals surface area (Å²) in [7, 11) is 5.51. The van der Waals surface area contributed by atoms with Crippen LogP contribution in [-0.4, -0.2) is 71.0 Å². The van der Waals surface area contributed by atoms with E-state index in [0.29, 0.717) is 30.3 Å². The van der Waals surface area contributed by atoms with Gasteiger partial charge < -0.3 is 25.2 Å². The first-order chi connectivity index (χ1) is 20.5. The first-order valence-electron chi connectivity index (χ1n) is 13.3. The van der Waals surface area contributed by atoms with Gasteiger partial charge >= 0.3 is 6.18 Å². The molecule has 224 valence electrons. The molecule has 10 nitrogen and oxygen atoms in total. The number of alkyl halides is 3. The number of likely N-dealkylation sites (N-methyl/N-ethyl adjacent to an activating group) is 1. The first-order valence-corrected chi connectivity index (χ1v) is 13.3. The molecule has 1 fully saturated rings. The van der Waals surface area contributed by atoms with Crippen molar-refractivity contribution < 1.29 is 27.1 Å². The predicted molar refractivity (Wildman–Crippen MR) is 153 cm³/mol. The Morgan fingerprint density at radius 2 is 1.91 bits per heavy atom. The molecular formula is C29H28F4N8O2. The lowest BCUT2D eigenvalue weighted by atomic mass is 10.1. The number of carbonyl (C=O) groups is 1. The minimum Gasteiger partial charge on any atom is -0.438 e. The van der Waals surface area contributed by atoms with Crippen LogP contribution in [0.25, 0.3) is 11.4 Å². The Bertz CT molecular complexity index is 1630. The van der Waals surface area contributed by atoms with Crippen molar-refractivity contribution in [1.29, 1.82) is 0 Å². The molecule has 0 radical (unpaired) electrons. The molecule has 3 heterocycles. The third-order valence-corrected chi connectivity index (χ3v) is 7.01. The van der Waals surface area contributed by atoms with Gasteiger partial charge in [0.15, 0.2) is 5.82 Å². The van der Waals surface area contributed by atoms with E-state index in [1.807, 2.05) is 23.9 Å². The summed E-state index contributed by atoms with van der Waals surface area (Å²) in [5.41, 5.74) is -0.618. The van der Waals surface area contributed by atoms with Gasteiger partial charge in [0.05, 0.1) is 28.1 Å². The number of hydrogen-bond acceptors (Lipinski definition) is 9. The predicted octanol–water partition coefficient (Wildman–Crippen LogP) is 5.32. The average Bonchev–Trinajstić information content (AvgIpc) is 3.48. The maximum Gasteiger partial charge on any atom is 0.416 e. The normalized spacial score (nSPS) is 15.1. The van der Waals surface area contributed by atoms with Crippen molar-refractivity contribution >= 4 is 23.2 Å². The highest BCUT2D eigenvalue weighted by atomic mass is 19.4. The van der Waals surface area contributed by atoms with Crippen LogP contribution in [0.4, 0.5) is 34.9 Å². The highest BCUT2D eigenvalue weighted by Crippen LogP contribution is 2.37. The molecule has 0 spiro atoms. The van der Waals surface area contributed by atoms with E-state index in [1.165, 1.54) is 24.7 Å². The van der Waals surface area contributed by atoms with E-state index in [9.17, 15) is 22.4 Å². The van der Waals surface area contributed by atoms with Crippen molar-refractivity contribution in [3.63, 3.8) is 0 Å². The number of nitrogens with one attached hydrogen (secondary N) is 2. The topological polar surface area (TPSA) is 108 Å². The summed E-state index contributed by atoms with van der Waals surface area (Å²) in [6, 6.07) is 10.2. The number of anilines is 3. The maximum absolute atomic E-state index is 14.9. The fourth-order valence-electron chi connectivity index (χ4n) is 4.70. The zero-order chi connectivity index (χ0) is 30.7. The van der Waals surface area contributed by atoms with Crippen LogP contribution >= 0.6 is 0 Å². The zero-order valence-corrected chi connectivity index (χ0v) is 23.5. The Morgan fingerprint density at radius 1 is 1.09 bits per heavy atom. The van der Waals surface area contributed by atoms with Crippen molar-refractivity contribution in [2.75, 3.05) is 49.8 Å². The van der Waals surface area contributed by atoms with E-state index in [0.717, 1.165) is 30.7 Å². The van der Waals surface area contributed by atoms with E-state index in [4.69, 9.17) is 4.74 Å². The van der Waals surface area contributed by atoms with Gasteiger partial charge in [0, 0.05) is 32.4 Å². The third-order valence-electron chi connectivity index (χ3n) is 7.01. The van der Waals surface area contributed by atoms with Crippen molar-refractivity contribution in [3.8, 4) is 23.0 Å². The Labute approximate surface area is 244 Å². The minimum atomic E-state index is -4.64. The largest absolute Gasteiger partial charge is 0.438 e. The SMILES string of the molecule is CNc1ncnc(-c2cccnc2Oc2ccc(F)c(C(=O)Nc3cc(C(F)(F)F)ccc3N3CC[C@@H](N(C)C)C3)c2)n1. The van der Waals surface area contributed by atoms with Crippen LogP contribution in [0.5, 0.6) is 11.6 Å². The van der Waals surface area contributed by atoms with Crippen LogP contribution in [0.15, 0.2) is 61.1 Å². The van der Waals surface area contributed by atoms with Gasteiger partial charge in [0.2, 0.25) is 11.8 Å². The maximum atomic E-state index is 14.9. The summed E-state index contributed by atoms with van der Waals surface area (Å²) in [5.74, 6) is -1.10. The fourth-order valence-corrected chi connectivity index (χ4v) is 4.70. The Morgan fingerprint density at radius 3 is 2.63 bits per heavy atom. The number of aromatic nitrogens is 4. The van der Waals surface area contributed by atoms with E-state index in [-0.39, 0.29) is 29.2 Å². The van der Waals surface area contributed by atoms with Crippen molar-refractivity contribution in [2.24, 2.45) is 0 Å². The highest BCUT2D eigenvalue weighted by Gasteiger charge is 2.33. The number of pyridine rings is 1. The molecule has 2 aromatic heterocycles. The number of rotatable bonds is 8. The minimum absolute atomic E-state index is 0.0621. The number of nitrogens with zero attached hydrogens (tertiary/aromatic N) is 6. The van der Waals surface area contributed by atoms with Crippen LogP contribution in [-0.2, 0) is 6.18 Å². The Kier molecular flexibility index (Phi) is 8.39. The Balaban J connectivity index is 1.44. The summed E-state index contributed by atoms with van der Waals surface area (Å²) in [5, 5.41) is 5.32. The fraction of sp³-hybridized carbons (Fsp3) is 0.276. The van der Waals surface area contributed by atoms with Gasteiger partial charge in [-0.15, -0.1) is 0 Å². The molecule has 2 N–H and O–H groups in total. The molecule has 0 saturated carbocycles. The highest BCUT2D eigenvalue weighted by molar-refractivity contribution is 6.06. The van der Waals surface area contributed by atoms with Gasteiger partial charge in [0.25, 0.3) is 5.91 Å². The molecule has 0 aliphatic carbocycles. The van der Waals surface area contributed by atoms with Gasteiger partial charge in [-0.05, 0) is 69.0 Å². The molecule has 4 aromatic rings. The summed E-state index contributed by atoms with van der Waals surface area (Å²) < 4.78 is 61.6. The molecule has 1 aliphatic rings. The molecule has 5 rings (SSSR count). The molecule has 0 unspecified atom stereocenters. The monoisotopic (exact) mass is 596 g/mol. The molecule has 1 saturated heterocycles. The van der Waals surface area contributed by atoms with Crippen molar-refractivity contribution in [1.82, 2.24) is 24.8 Å². The van der Waals surface area contributed by atoms with Crippen LogP contribution in [0.1, 0.15) is 22.3 Å². The second-order valence-electron chi connectivity index (χ2n) is 10.0. The van der Waals surface area contributed by atoms with Crippen LogP contribution in [0, 0.1) is 5.82 Å². The number of amides is 1. The second-order valence-corrected chi connectivity index (χ2v) is 10.0. The van der Waals surface area contributed by atoms with E-state index >= 15 is 0 Å². The van der Waals surface area contributed by atoms with E-state index < -0.39 is 29.0 Å². The van der Waals surface area contributed by atoms with Crippen LogP contribution in [0.3, 0.4) is 0 Å². The van der Waals surface area contributed by atoms with Crippen molar-refractivity contribution in [2.45, 2.75) is 18.6 Å². The lowest BCUT2D eigenvalue weighted by molar-refractivity contribution is -0.137. The molecule has 1 aliphatic heterocycles. The molecule has 1 amide bonds. The van der Waals surface area contributed by atoms with E-state index in [2.05, 4.69) is 30.6 Å². The molecule has 0 bridgehead atoms. The molecule has 1 atom stereocenters. The van der Waals surface area contributed by atoms with Crippen LogP contribution in [0.2, 0.25) is 0 Å². The number of halogens is 4. The summed E-state index contributed by atoms with van der Waals surface area (Å²) in [4.78, 5) is 33.9. The molecule has 14 heteroatoms. The van der Waals surface area contributed by atoms with E-state index in [1.54, 1.807) is 19.2 Å². The zero-order valence-electron chi connectivity index (χ0n) is 23.5. The summed E-state index contributed by atoms with van der Waals surface area (Å²) in [6.07, 6.45) is -1.05. The average molecular weight is 597 g/mol. The summed E-state index contributed by atoms with van der Waals surface area (Å²) in [6.45, 7) is 1.14. The van der Waals surface area contributed by atoms with Crippen molar-refractivity contribution in [3.05, 3.63) is 78.0 Å². The number of carbonyl (C=O) groups excluding carboxylic acids is 1. The molecular weight excluding hydrogens is 568 g/mol. The smallest absolute Gasteiger partial charge is 0.416 e. The van der Waals surface area contributed by atoms with Gasteiger partial charge in [-0.25, -0.2) is 19.3 Å².